The first-order valence-electron chi connectivity index (χ1n) is 5.41. The van der Waals surface area contributed by atoms with E-state index in [0.717, 1.165) is 11.1 Å². The van der Waals surface area contributed by atoms with Gasteiger partial charge in [-0.05, 0) is 24.3 Å². The number of nitrogens with zero attached hydrogens (tertiary/aromatic N) is 1. The first-order chi connectivity index (χ1) is 8.79. The molecule has 0 aliphatic rings. The summed E-state index contributed by atoms with van der Waals surface area (Å²) in [6.07, 6.45) is 1.54. The van der Waals surface area contributed by atoms with Crippen LogP contribution in [0.3, 0.4) is 0 Å². The number of hydrogen-bond acceptors (Lipinski definition) is 3. The number of carbonyl (C=O) groups excluding carboxylic acids is 1. The molecule has 1 aromatic carbocycles. The standard InChI is InChI=1S/C15H11NO2/c1-18-15(17)14-11-13(9-10-16-14)8-7-12-5-3-2-4-6-12/h2-6,9-11H,1H3. The Morgan fingerprint density at radius 2 is 1.83 bits per heavy atom. The molecule has 0 amide bonds. The highest BCUT2D eigenvalue weighted by Crippen LogP contribution is 2.03. The molecule has 3 nitrogen and oxygen atoms in total. The van der Waals surface area contributed by atoms with Crippen LogP contribution >= 0.6 is 0 Å². The Balaban J connectivity index is 2.25. The number of esters is 1. The number of aromatic nitrogens is 1. The van der Waals surface area contributed by atoms with E-state index < -0.39 is 5.97 Å². The molecule has 88 valence electrons. The first-order valence-corrected chi connectivity index (χ1v) is 5.41. The van der Waals surface area contributed by atoms with Gasteiger partial charge in [0.25, 0.3) is 0 Å². The van der Waals surface area contributed by atoms with Crippen LogP contribution in [-0.2, 0) is 4.74 Å². The second-order valence-electron chi connectivity index (χ2n) is 3.54. The molecule has 0 atom stereocenters. The van der Waals surface area contributed by atoms with Crippen molar-refractivity contribution in [2.24, 2.45) is 0 Å². The summed E-state index contributed by atoms with van der Waals surface area (Å²) in [4.78, 5) is 15.2. The molecule has 0 bridgehead atoms. The highest BCUT2D eigenvalue weighted by Gasteiger charge is 2.06. The van der Waals surface area contributed by atoms with Gasteiger partial charge in [0.1, 0.15) is 5.69 Å². The molecule has 0 spiro atoms. The topological polar surface area (TPSA) is 39.2 Å². The second-order valence-corrected chi connectivity index (χ2v) is 3.54. The van der Waals surface area contributed by atoms with E-state index in [1.807, 2.05) is 30.3 Å². The van der Waals surface area contributed by atoms with Crippen molar-refractivity contribution in [2.45, 2.75) is 0 Å². The zero-order valence-corrected chi connectivity index (χ0v) is 9.88. The fourth-order valence-corrected chi connectivity index (χ4v) is 1.39. The van der Waals surface area contributed by atoms with Crippen LogP contribution in [0.1, 0.15) is 21.6 Å². The second kappa shape index (κ2) is 5.65. The monoisotopic (exact) mass is 237 g/mol. The maximum Gasteiger partial charge on any atom is 0.356 e. The van der Waals surface area contributed by atoms with E-state index in [1.165, 1.54) is 7.11 Å². The van der Waals surface area contributed by atoms with Crippen molar-refractivity contribution in [1.82, 2.24) is 4.98 Å². The van der Waals surface area contributed by atoms with Gasteiger partial charge in [-0.1, -0.05) is 30.0 Å². The van der Waals surface area contributed by atoms with Gasteiger partial charge in [-0.15, -0.1) is 0 Å². The lowest BCUT2D eigenvalue weighted by molar-refractivity contribution is 0.0594. The Morgan fingerprint density at radius 1 is 1.11 bits per heavy atom. The molecule has 0 aliphatic carbocycles. The van der Waals surface area contributed by atoms with Crippen molar-refractivity contribution in [3.05, 3.63) is 65.5 Å². The largest absolute Gasteiger partial charge is 0.464 e. The van der Waals surface area contributed by atoms with Crippen LogP contribution in [0.4, 0.5) is 0 Å². The zero-order chi connectivity index (χ0) is 12.8. The average Bonchev–Trinajstić information content (AvgIpc) is 2.45. The summed E-state index contributed by atoms with van der Waals surface area (Å²) in [7, 11) is 1.33. The number of ether oxygens (including phenoxy) is 1. The molecule has 0 saturated carbocycles. The van der Waals surface area contributed by atoms with E-state index in [-0.39, 0.29) is 5.69 Å². The molecule has 3 heteroatoms. The van der Waals surface area contributed by atoms with Crippen LogP contribution in [0.25, 0.3) is 0 Å². The Kier molecular flexibility index (Phi) is 3.72. The molecule has 0 fully saturated rings. The molecule has 1 heterocycles. The van der Waals surface area contributed by atoms with Crippen LogP contribution in [0.5, 0.6) is 0 Å². The van der Waals surface area contributed by atoms with Crippen molar-refractivity contribution in [3.63, 3.8) is 0 Å². The lowest BCUT2D eigenvalue weighted by Crippen LogP contribution is -2.03. The quantitative estimate of drug-likeness (QED) is 0.564. The Bertz CT molecular complexity index is 609. The van der Waals surface area contributed by atoms with Gasteiger partial charge in [0.05, 0.1) is 7.11 Å². The third-order valence-electron chi connectivity index (χ3n) is 2.28. The van der Waals surface area contributed by atoms with Crippen molar-refractivity contribution in [2.75, 3.05) is 7.11 Å². The lowest BCUT2D eigenvalue weighted by atomic mass is 10.2. The summed E-state index contributed by atoms with van der Waals surface area (Å²) >= 11 is 0. The highest BCUT2D eigenvalue weighted by molar-refractivity contribution is 5.87. The minimum Gasteiger partial charge on any atom is -0.464 e. The van der Waals surface area contributed by atoms with Gasteiger partial charge in [-0.25, -0.2) is 9.78 Å². The van der Waals surface area contributed by atoms with Crippen molar-refractivity contribution in [1.29, 1.82) is 0 Å². The maximum atomic E-state index is 11.3. The molecular weight excluding hydrogens is 226 g/mol. The molecule has 0 saturated heterocycles. The third kappa shape index (κ3) is 2.96. The summed E-state index contributed by atoms with van der Waals surface area (Å²) in [5, 5.41) is 0. The molecule has 0 N–H and O–H groups in total. The van der Waals surface area contributed by atoms with Gasteiger partial charge in [-0.3, -0.25) is 0 Å². The number of hydrogen-bond donors (Lipinski definition) is 0. The van der Waals surface area contributed by atoms with Crippen LogP contribution in [-0.4, -0.2) is 18.1 Å². The smallest absolute Gasteiger partial charge is 0.356 e. The number of carbonyl (C=O) groups is 1. The average molecular weight is 237 g/mol. The van der Waals surface area contributed by atoms with Gasteiger partial charge in [0.15, 0.2) is 0 Å². The van der Waals surface area contributed by atoms with E-state index in [2.05, 4.69) is 21.6 Å². The summed E-state index contributed by atoms with van der Waals surface area (Å²) in [6, 6.07) is 13.0. The molecule has 0 aliphatic heterocycles. The zero-order valence-electron chi connectivity index (χ0n) is 9.88. The van der Waals surface area contributed by atoms with Gasteiger partial charge >= 0.3 is 5.97 Å². The highest BCUT2D eigenvalue weighted by atomic mass is 16.5. The Hall–Kier alpha value is -2.60. The fraction of sp³-hybridized carbons (Fsp3) is 0.0667. The maximum absolute atomic E-state index is 11.3. The summed E-state index contributed by atoms with van der Waals surface area (Å²) < 4.78 is 4.60. The molecule has 2 aromatic rings. The van der Waals surface area contributed by atoms with Crippen LogP contribution in [0.2, 0.25) is 0 Å². The molecule has 18 heavy (non-hydrogen) atoms. The van der Waals surface area contributed by atoms with E-state index in [9.17, 15) is 4.79 Å². The molecule has 0 unspecified atom stereocenters. The molecule has 2 rings (SSSR count). The van der Waals surface area contributed by atoms with Gasteiger partial charge in [0, 0.05) is 17.3 Å². The first kappa shape index (κ1) is 11.9. The van der Waals surface area contributed by atoms with Crippen molar-refractivity contribution in [3.8, 4) is 11.8 Å². The fourth-order valence-electron chi connectivity index (χ4n) is 1.39. The molecular formula is C15H11NO2. The normalized spacial score (nSPS) is 9.17. The van der Waals surface area contributed by atoms with Gasteiger partial charge in [-0.2, -0.15) is 0 Å². The Morgan fingerprint density at radius 3 is 2.56 bits per heavy atom. The van der Waals surface area contributed by atoms with Crippen LogP contribution in [0, 0.1) is 11.8 Å². The predicted molar refractivity (Wildman–Crippen MR) is 68.0 cm³/mol. The number of rotatable bonds is 1. The third-order valence-corrected chi connectivity index (χ3v) is 2.28. The SMILES string of the molecule is COC(=O)c1cc(C#Cc2ccccc2)ccn1. The van der Waals surface area contributed by atoms with E-state index in [1.54, 1.807) is 18.3 Å². The van der Waals surface area contributed by atoms with Gasteiger partial charge < -0.3 is 4.74 Å². The number of pyridine rings is 1. The van der Waals surface area contributed by atoms with E-state index in [4.69, 9.17) is 0 Å². The van der Waals surface area contributed by atoms with Crippen LogP contribution in [0.15, 0.2) is 48.7 Å². The molecule has 0 radical (unpaired) electrons. The van der Waals surface area contributed by atoms with Crippen molar-refractivity contribution < 1.29 is 9.53 Å². The number of benzene rings is 1. The van der Waals surface area contributed by atoms with E-state index >= 15 is 0 Å². The number of methoxy groups -OCH3 is 1. The predicted octanol–water partition coefficient (Wildman–Crippen LogP) is 2.27. The van der Waals surface area contributed by atoms with E-state index in [0.29, 0.717) is 0 Å². The minimum absolute atomic E-state index is 0.261. The molecule has 1 aromatic heterocycles. The van der Waals surface area contributed by atoms with Gasteiger partial charge in [0.2, 0.25) is 0 Å². The lowest BCUT2D eigenvalue weighted by Gasteiger charge is -1.97. The summed E-state index contributed by atoms with van der Waals surface area (Å²) in [5.41, 5.74) is 1.92. The van der Waals surface area contributed by atoms with Crippen molar-refractivity contribution >= 4 is 5.97 Å². The Labute approximate surface area is 105 Å². The summed E-state index contributed by atoms with van der Waals surface area (Å²) in [6.45, 7) is 0. The minimum atomic E-state index is -0.460. The summed E-state index contributed by atoms with van der Waals surface area (Å²) in [5.74, 6) is 5.54. The van der Waals surface area contributed by atoms with Crippen LogP contribution < -0.4 is 0 Å².